The third-order valence-corrected chi connectivity index (χ3v) is 6.60. The smallest absolute Gasteiger partial charge is 0.258 e. The maximum absolute atomic E-state index is 12.4. The Hall–Kier alpha value is -2.38. The summed E-state index contributed by atoms with van der Waals surface area (Å²) in [5.74, 6) is 1.87. The molecule has 0 aliphatic heterocycles. The Labute approximate surface area is 167 Å². The number of benzene rings is 1. The highest BCUT2D eigenvalue weighted by molar-refractivity contribution is 7.99. The van der Waals surface area contributed by atoms with Crippen LogP contribution in [0, 0.1) is 5.92 Å². The molecule has 1 aromatic carbocycles. The predicted molar refractivity (Wildman–Crippen MR) is 114 cm³/mol. The van der Waals surface area contributed by atoms with E-state index in [1.807, 2.05) is 36.0 Å². The lowest BCUT2D eigenvalue weighted by Gasteiger charge is -2.26. The Kier molecular flexibility index (Phi) is 5.92. The van der Waals surface area contributed by atoms with Crippen LogP contribution < -0.4 is 10.9 Å². The number of rotatable bonds is 6. The number of aliphatic hydroxyl groups is 1. The van der Waals surface area contributed by atoms with Crippen LogP contribution >= 0.6 is 11.8 Å². The van der Waals surface area contributed by atoms with E-state index in [-0.39, 0.29) is 5.56 Å². The van der Waals surface area contributed by atoms with Gasteiger partial charge in [0.15, 0.2) is 0 Å². The molecule has 0 spiro atoms. The molecule has 0 bridgehead atoms. The van der Waals surface area contributed by atoms with E-state index in [0.717, 1.165) is 37.1 Å². The number of H-pyrrole nitrogens is 1. The zero-order valence-electron chi connectivity index (χ0n) is 15.6. The van der Waals surface area contributed by atoms with Crippen LogP contribution in [0.15, 0.2) is 47.5 Å². The number of nitrogens with zero attached hydrogens (tertiary/aromatic N) is 2. The van der Waals surface area contributed by atoms with Gasteiger partial charge >= 0.3 is 0 Å². The van der Waals surface area contributed by atoms with Crippen LogP contribution in [0.4, 0.5) is 11.4 Å². The predicted octanol–water partition coefficient (Wildman–Crippen LogP) is 3.85. The van der Waals surface area contributed by atoms with Crippen molar-refractivity contribution in [1.82, 2.24) is 15.0 Å². The second kappa shape index (κ2) is 8.75. The number of hydrogen-bond donors (Lipinski definition) is 3. The number of nitrogens with one attached hydrogen (secondary N) is 2. The number of aliphatic hydroxyl groups excluding tert-OH is 1. The molecule has 146 valence electrons. The van der Waals surface area contributed by atoms with Crippen molar-refractivity contribution in [2.45, 2.75) is 36.7 Å². The third kappa shape index (κ3) is 4.54. The average molecular weight is 397 g/mol. The first-order valence-corrected chi connectivity index (χ1v) is 10.7. The van der Waals surface area contributed by atoms with Crippen LogP contribution in [-0.4, -0.2) is 31.9 Å². The minimum Gasteiger partial charge on any atom is -0.396 e. The lowest BCUT2D eigenvalue weighted by molar-refractivity contribution is 0.192. The van der Waals surface area contributed by atoms with Crippen molar-refractivity contribution < 1.29 is 5.11 Å². The highest BCUT2D eigenvalue weighted by Crippen LogP contribution is 2.33. The standard InChI is InChI=1S/C21H24N4O2S/c26-12-14-3-6-17(7-4-14)28-13-20-24-19-10-15(5-8-18(19)21(27)25-20)23-16-2-1-9-22-11-16/h1-2,5,8-11,14,17,23,26H,3-4,6-7,12-13H2,(H,24,25,27). The van der Waals surface area contributed by atoms with Crippen LogP contribution in [0.5, 0.6) is 0 Å². The van der Waals surface area contributed by atoms with Crippen molar-refractivity contribution in [2.75, 3.05) is 11.9 Å². The zero-order valence-corrected chi connectivity index (χ0v) is 16.4. The first kappa shape index (κ1) is 19.0. The third-order valence-electron chi connectivity index (χ3n) is 5.21. The number of aromatic nitrogens is 3. The SMILES string of the molecule is O=c1[nH]c(CSC2CCC(CO)CC2)nc2cc(Nc3cccnc3)ccc12. The molecule has 0 unspecified atom stereocenters. The lowest BCUT2D eigenvalue weighted by atomic mass is 9.90. The van der Waals surface area contributed by atoms with Gasteiger partial charge in [0.2, 0.25) is 0 Å². The van der Waals surface area contributed by atoms with Crippen LogP contribution in [0.25, 0.3) is 10.9 Å². The van der Waals surface area contributed by atoms with Crippen molar-refractivity contribution in [1.29, 1.82) is 0 Å². The topological polar surface area (TPSA) is 90.9 Å². The van der Waals surface area contributed by atoms with Crippen molar-refractivity contribution in [3.05, 3.63) is 58.9 Å². The van der Waals surface area contributed by atoms with Crippen LogP contribution in [0.1, 0.15) is 31.5 Å². The molecule has 0 amide bonds. The van der Waals surface area contributed by atoms with E-state index in [1.54, 1.807) is 18.5 Å². The molecular formula is C21H24N4O2S. The van der Waals surface area contributed by atoms with Gasteiger partial charge in [-0.15, -0.1) is 0 Å². The normalized spacial score (nSPS) is 19.6. The van der Waals surface area contributed by atoms with Gasteiger partial charge in [-0.3, -0.25) is 9.78 Å². The maximum atomic E-state index is 12.4. The van der Waals surface area contributed by atoms with E-state index in [2.05, 4.69) is 20.3 Å². The lowest BCUT2D eigenvalue weighted by Crippen LogP contribution is -2.19. The van der Waals surface area contributed by atoms with E-state index < -0.39 is 0 Å². The molecule has 28 heavy (non-hydrogen) atoms. The van der Waals surface area contributed by atoms with Gasteiger partial charge in [0.05, 0.1) is 28.5 Å². The van der Waals surface area contributed by atoms with Crippen LogP contribution in [0.3, 0.4) is 0 Å². The van der Waals surface area contributed by atoms with Gasteiger partial charge in [0.1, 0.15) is 5.82 Å². The van der Waals surface area contributed by atoms with E-state index in [0.29, 0.717) is 40.3 Å². The van der Waals surface area contributed by atoms with Gasteiger partial charge in [-0.05, 0) is 61.9 Å². The second-order valence-electron chi connectivity index (χ2n) is 7.25. The van der Waals surface area contributed by atoms with Gasteiger partial charge < -0.3 is 15.4 Å². The molecule has 1 fully saturated rings. The molecule has 0 radical (unpaired) electrons. The van der Waals surface area contributed by atoms with E-state index in [1.165, 1.54) is 0 Å². The Bertz CT molecular complexity index is 985. The van der Waals surface area contributed by atoms with Crippen molar-refractivity contribution >= 4 is 34.0 Å². The molecule has 1 aliphatic carbocycles. The summed E-state index contributed by atoms with van der Waals surface area (Å²) in [6.45, 7) is 0.298. The Morgan fingerprint density at radius 1 is 1.18 bits per heavy atom. The van der Waals surface area contributed by atoms with Gasteiger partial charge in [-0.25, -0.2) is 4.98 Å². The number of thioether (sulfide) groups is 1. The van der Waals surface area contributed by atoms with E-state index in [9.17, 15) is 9.90 Å². The summed E-state index contributed by atoms with van der Waals surface area (Å²) >= 11 is 1.85. The largest absolute Gasteiger partial charge is 0.396 e. The zero-order chi connectivity index (χ0) is 19.3. The van der Waals surface area contributed by atoms with Crippen LogP contribution in [0.2, 0.25) is 0 Å². The highest BCUT2D eigenvalue weighted by Gasteiger charge is 2.21. The molecule has 1 aliphatic rings. The summed E-state index contributed by atoms with van der Waals surface area (Å²) in [4.78, 5) is 24.1. The molecule has 7 heteroatoms. The number of anilines is 2. The molecular weight excluding hydrogens is 372 g/mol. The number of hydrogen-bond acceptors (Lipinski definition) is 6. The van der Waals surface area contributed by atoms with Crippen molar-refractivity contribution in [3.63, 3.8) is 0 Å². The highest BCUT2D eigenvalue weighted by atomic mass is 32.2. The minimum atomic E-state index is -0.0995. The Balaban J connectivity index is 1.47. The number of pyridine rings is 1. The number of aromatic amines is 1. The summed E-state index contributed by atoms with van der Waals surface area (Å²) in [6.07, 6.45) is 7.88. The summed E-state index contributed by atoms with van der Waals surface area (Å²) in [7, 11) is 0. The summed E-state index contributed by atoms with van der Waals surface area (Å²) in [5, 5.41) is 13.7. The van der Waals surface area contributed by atoms with Crippen molar-refractivity contribution in [3.8, 4) is 0 Å². The molecule has 6 nitrogen and oxygen atoms in total. The minimum absolute atomic E-state index is 0.0995. The molecule has 3 aromatic rings. The van der Waals surface area contributed by atoms with Gasteiger partial charge in [0, 0.05) is 23.7 Å². The second-order valence-corrected chi connectivity index (χ2v) is 8.54. The van der Waals surface area contributed by atoms with Gasteiger partial charge in [-0.2, -0.15) is 11.8 Å². The molecule has 0 saturated heterocycles. The summed E-state index contributed by atoms with van der Waals surface area (Å²) < 4.78 is 0. The summed E-state index contributed by atoms with van der Waals surface area (Å²) in [5.41, 5.74) is 2.36. The molecule has 2 aromatic heterocycles. The molecule has 1 saturated carbocycles. The maximum Gasteiger partial charge on any atom is 0.258 e. The first-order chi connectivity index (χ1) is 13.7. The quantitative estimate of drug-likeness (QED) is 0.586. The van der Waals surface area contributed by atoms with Gasteiger partial charge in [0.25, 0.3) is 5.56 Å². The monoisotopic (exact) mass is 396 g/mol. The fourth-order valence-corrected chi connectivity index (χ4v) is 4.75. The van der Waals surface area contributed by atoms with Crippen LogP contribution in [-0.2, 0) is 5.75 Å². The Morgan fingerprint density at radius 2 is 2.04 bits per heavy atom. The molecule has 3 N–H and O–H groups in total. The van der Waals surface area contributed by atoms with E-state index >= 15 is 0 Å². The fraction of sp³-hybridized carbons (Fsp3) is 0.381. The van der Waals surface area contributed by atoms with E-state index in [4.69, 9.17) is 0 Å². The van der Waals surface area contributed by atoms with Gasteiger partial charge in [-0.1, -0.05) is 0 Å². The first-order valence-electron chi connectivity index (χ1n) is 9.64. The molecule has 0 atom stereocenters. The Morgan fingerprint density at radius 3 is 2.79 bits per heavy atom. The number of fused-ring (bicyclic) bond motifs is 1. The molecule has 4 rings (SSSR count). The average Bonchev–Trinajstić information content (AvgIpc) is 2.73. The molecule has 2 heterocycles. The fourth-order valence-electron chi connectivity index (χ4n) is 3.62. The van der Waals surface area contributed by atoms with Crippen molar-refractivity contribution in [2.24, 2.45) is 5.92 Å². The summed E-state index contributed by atoms with van der Waals surface area (Å²) in [6, 6.07) is 9.39.